The molecule has 9 nitrogen and oxygen atoms in total. The third-order valence-electron chi connectivity index (χ3n) is 6.06. The largest absolute Gasteiger partial charge is 0.497 e. The second-order valence-electron chi connectivity index (χ2n) is 10.1. The van der Waals surface area contributed by atoms with Crippen LogP contribution in [0.4, 0.5) is 0 Å². The average molecular weight is 555 g/mol. The number of β-lactam (4-membered cyclic amide) rings is 1. The van der Waals surface area contributed by atoms with Gasteiger partial charge < -0.3 is 18.2 Å². The molecule has 0 bridgehead atoms. The van der Waals surface area contributed by atoms with Gasteiger partial charge in [0.25, 0.3) is 17.7 Å². The van der Waals surface area contributed by atoms with Crippen molar-refractivity contribution in [2.75, 3.05) is 7.11 Å². The molecule has 11 heteroatoms. The number of imide groups is 1. The fourth-order valence-electron chi connectivity index (χ4n) is 4.24. The number of carbonyl (C=O) groups is 4. The van der Waals surface area contributed by atoms with Gasteiger partial charge in [-0.2, -0.15) is 0 Å². The van der Waals surface area contributed by atoms with Crippen LogP contribution in [0.2, 0.25) is 19.6 Å². The molecule has 38 heavy (non-hydrogen) atoms. The van der Waals surface area contributed by atoms with E-state index in [4.69, 9.17) is 13.3 Å². The molecular weight excluding hydrogens is 524 g/mol. The predicted octanol–water partition coefficient (Wildman–Crippen LogP) is 4.02. The molecule has 0 spiro atoms. The highest BCUT2D eigenvalue weighted by Gasteiger charge is 2.60. The van der Waals surface area contributed by atoms with Crippen LogP contribution < -0.4 is 4.74 Å². The number of hydrogen-bond donors (Lipinski definition) is 0. The van der Waals surface area contributed by atoms with Crippen LogP contribution in [0.25, 0.3) is 0 Å². The van der Waals surface area contributed by atoms with Gasteiger partial charge in [-0.05, 0) is 62.0 Å². The van der Waals surface area contributed by atoms with Gasteiger partial charge in [-0.3, -0.25) is 19.3 Å². The number of fused-ring (bicyclic) bond motifs is 1. The lowest BCUT2D eigenvalue weighted by Gasteiger charge is -2.51. The van der Waals surface area contributed by atoms with Gasteiger partial charge in [-0.25, -0.2) is 4.79 Å². The molecule has 0 saturated carbocycles. The quantitative estimate of drug-likeness (QED) is 0.108. The number of rotatable bonds is 10. The van der Waals surface area contributed by atoms with Crippen LogP contribution in [0.3, 0.4) is 0 Å². The standard InChI is InChI=1S/C27H30N2O7SSi/c1-16(2)21(27(33)35-15-17-11-13-18(34-3)14-12-17)29-25(32)22(26(29)37-36-38(4,5)6)28-23(30)19-9-7-8-10-20(19)24(28)31/h7-14,21-22,26H,1,15H2,2-6H3/t21-,22-,26-/m1/s1. The third-order valence-corrected chi connectivity index (χ3v) is 9.13. The summed E-state index contributed by atoms with van der Waals surface area (Å²) in [5.41, 5.74) is 1.62. The molecule has 3 atom stereocenters. The summed E-state index contributed by atoms with van der Waals surface area (Å²) in [6.07, 6.45) is 0. The lowest BCUT2D eigenvalue weighted by Crippen LogP contribution is -2.73. The van der Waals surface area contributed by atoms with E-state index >= 15 is 0 Å². The first-order valence-electron chi connectivity index (χ1n) is 12.0. The van der Waals surface area contributed by atoms with Gasteiger partial charge in [0, 0.05) is 12.0 Å². The maximum Gasteiger partial charge on any atom is 0.333 e. The molecule has 1 saturated heterocycles. The SMILES string of the molecule is C=C(C)[C@H](C(=O)OCc1ccc(OC)cc1)N1C(=O)[C@@H](N2C(=O)c3ccccc3C2=O)[C@H]1SO[Si](C)(C)C. The zero-order chi connectivity index (χ0) is 27.8. The fourth-order valence-corrected chi connectivity index (χ4v) is 6.45. The van der Waals surface area contributed by atoms with Gasteiger partial charge in [0.15, 0.2) is 12.1 Å². The first-order chi connectivity index (χ1) is 17.9. The Balaban J connectivity index is 1.58. The topological polar surface area (TPSA) is 102 Å². The van der Waals surface area contributed by atoms with Gasteiger partial charge in [0.05, 0.1) is 18.2 Å². The van der Waals surface area contributed by atoms with Crippen LogP contribution in [-0.4, -0.2) is 66.4 Å². The van der Waals surface area contributed by atoms with Gasteiger partial charge >= 0.3 is 5.97 Å². The molecule has 4 rings (SSSR count). The molecule has 0 radical (unpaired) electrons. The van der Waals surface area contributed by atoms with Crippen LogP contribution in [0, 0.1) is 0 Å². The number of carbonyl (C=O) groups excluding carboxylic acids is 4. The summed E-state index contributed by atoms with van der Waals surface area (Å²) >= 11 is 0.999. The van der Waals surface area contributed by atoms with E-state index in [0.717, 1.165) is 22.5 Å². The number of ether oxygens (including phenoxy) is 2. The van der Waals surface area contributed by atoms with E-state index in [-0.39, 0.29) is 17.7 Å². The van der Waals surface area contributed by atoms with Gasteiger partial charge in [-0.1, -0.05) is 30.8 Å². The van der Waals surface area contributed by atoms with Crippen LogP contribution in [-0.2, 0) is 24.8 Å². The van der Waals surface area contributed by atoms with Crippen molar-refractivity contribution < 1.29 is 32.5 Å². The van der Waals surface area contributed by atoms with Crippen molar-refractivity contribution in [2.24, 2.45) is 0 Å². The van der Waals surface area contributed by atoms with E-state index in [0.29, 0.717) is 11.3 Å². The molecule has 2 heterocycles. The number of benzene rings is 2. The first kappa shape index (κ1) is 27.6. The maximum absolute atomic E-state index is 13.6. The van der Waals surface area contributed by atoms with E-state index < -0.39 is 49.5 Å². The number of likely N-dealkylation sites (tertiary alicyclic amines) is 1. The Morgan fingerprint density at radius 3 is 2.11 bits per heavy atom. The molecule has 3 amide bonds. The Morgan fingerprint density at radius 1 is 1.03 bits per heavy atom. The van der Waals surface area contributed by atoms with Crippen molar-refractivity contribution in [3.05, 3.63) is 77.4 Å². The zero-order valence-corrected chi connectivity index (χ0v) is 23.7. The van der Waals surface area contributed by atoms with Crippen LogP contribution in [0.1, 0.15) is 33.2 Å². The Kier molecular flexibility index (Phi) is 7.82. The Morgan fingerprint density at radius 2 is 1.61 bits per heavy atom. The van der Waals surface area contributed by atoms with Crippen molar-refractivity contribution in [2.45, 2.75) is 50.6 Å². The summed E-state index contributed by atoms with van der Waals surface area (Å²) in [4.78, 5) is 55.4. The minimum Gasteiger partial charge on any atom is -0.497 e. The molecule has 0 N–H and O–H groups in total. The molecule has 0 aliphatic carbocycles. The summed E-state index contributed by atoms with van der Waals surface area (Å²) in [6, 6.07) is 11.3. The Bertz CT molecular complexity index is 1260. The highest BCUT2D eigenvalue weighted by atomic mass is 32.2. The minimum absolute atomic E-state index is 0.0142. The fraction of sp³-hybridized carbons (Fsp3) is 0.333. The van der Waals surface area contributed by atoms with Crippen molar-refractivity contribution >= 4 is 44.1 Å². The molecule has 0 aromatic heterocycles. The van der Waals surface area contributed by atoms with Crippen molar-refractivity contribution in [3.63, 3.8) is 0 Å². The number of nitrogens with zero attached hydrogens (tertiary/aromatic N) is 2. The molecule has 2 aliphatic rings. The van der Waals surface area contributed by atoms with E-state index in [9.17, 15) is 19.2 Å². The smallest absolute Gasteiger partial charge is 0.333 e. The summed E-state index contributed by atoms with van der Waals surface area (Å²) in [5.74, 6) is -1.63. The number of amides is 3. The summed E-state index contributed by atoms with van der Waals surface area (Å²) in [7, 11) is -0.528. The average Bonchev–Trinajstić information content (AvgIpc) is 3.12. The van der Waals surface area contributed by atoms with E-state index in [1.165, 1.54) is 4.90 Å². The Hall–Kier alpha value is -3.41. The van der Waals surface area contributed by atoms with Crippen LogP contribution >= 0.6 is 12.0 Å². The Labute approximate surface area is 227 Å². The van der Waals surface area contributed by atoms with Gasteiger partial charge in [0.2, 0.25) is 8.32 Å². The molecule has 200 valence electrons. The molecule has 2 aromatic rings. The van der Waals surface area contributed by atoms with E-state index in [1.54, 1.807) is 62.6 Å². The molecular formula is C27H30N2O7SSi. The van der Waals surface area contributed by atoms with Crippen molar-refractivity contribution in [1.29, 1.82) is 0 Å². The van der Waals surface area contributed by atoms with E-state index in [1.807, 2.05) is 19.6 Å². The first-order valence-corrected chi connectivity index (χ1v) is 16.2. The maximum atomic E-state index is 13.6. The number of hydrogen-bond acceptors (Lipinski definition) is 8. The molecule has 1 fully saturated rings. The third kappa shape index (κ3) is 5.26. The van der Waals surface area contributed by atoms with Crippen molar-refractivity contribution in [1.82, 2.24) is 9.80 Å². The molecule has 2 aromatic carbocycles. The van der Waals surface area contributed by atoms with Gasteiger partial charge in [0.1, 0.15) is 17.7 Å². The number of esters is 1. The van der Waals surface area contributed by atoms with E-state index in [2.05, 4.69) is 6.58 Å². The van der Waals surface area contributed by atoms with Gasteiger partial charge in [-0.15, -0.1) is 0 Å². The normalized spacial score (nSPS) is 19.7. The monoisotopic (exact) mass is 554 g/mol. The van der Waals surface area contributed by atoms with Crippen LogP contribution in [0.15, 0.2) is 60.7 Å². The summed E-state index contributed by atoms with van der Waals surface area (Å²) in [5, 5.41) is -0.813. The second-order valence-corrected chi connectivity index (χ2v) is 15.7. The summed E-state index contributed by atoms with van der Waals surface area (Å²) < 4.78 is 16.7. The highest BCUT2D eigenvalue weighted by Crippen LogP contribution is 2.41. The van der Waals surface area contributed by atoms with Crippen LogP contribution in [0.5, 0.6) is 5.75 Å². The zero-order valence-electron chi connectivity index (χ0n) is 21.9. The highest BCUT2D eigenvalue weighted by molar-refractivity contribution is 7.96. The lowest BCUT2D eigenvalue weighted by atomic mass is 9.98. The predicted molar refractivity (Wildman–Crippen MR) is 145 cm³/mol. The second kappa shape index (κ2) is 10.8. The van der Waals surface area contributed by atoms with Crippen molar-refractivity contribution in [3.8, 4) is 5.75 Å². The minimum atomic E-state index is -2.09. The number of methoxy groups -OCH3 is 1. The molecule has 2 aliphatic heterocycles. The molecule has 0 unspecified atom stereocenters. The lowest BCUT2D eigenvalue weighted by molar-refractivity contribution is -0.165. The summed E-state index contributed by atoms with van der Waals surface area (Å²) in [6.45, 7) is 11.5.